The number of benzene rings is 1. The Labute approximate surface area is 148 Å². The van der Waals surface area contributed by atoms with Gasteiger partial charge >= 0.3 is 11.7 Å². The Hall–Kier alpha value is -2.54. The molecule has 0 saturated carbocycles. The smallest absolute Gasteiger partial charge is 0.420 e. The molecule has 0 aliphatic carbocycles. The number of hydrogen-bond donors (Lipinski definition) is 0. The van der Waals surface area contributed by atoms with E-state index in [9.17, 15) is 9.59 Å². The first-order chi connectivity index (χ1) is 11.7. The lowest BCUT2D eigenvalue weighted by molar-refractivity contribution is 0.0563. The highest BCUT2D eigenvalue weighted by molar-refractivity contribution is 6.32. The van der Waals surface area contributed by atoms with Crippen molar-refractivity contribution in [1.29, 1.82) is 0 Å². The molecule has 0 aliphatic heterocycles. The third-order valence-corrected chi connectivity index (χ3v) is 4.11. The molecule has 0 unspecified atom stereocenters. The summed E-state index contributed by atoms with van der Waals surface area (Å²) < 4.78 is 16.5. The summed E-state index contributed by atoms with van der Waals surface area (Å²) in [5, 5.41) is 0.532. The maximum Gasteiger partial charge on any atom is 0.420 e. The molecule has 0 N–H and O–H groups in total. The van der Waals surface area contributed by atoms with Crippen molar-refractivity contribution in [3.63, 3.8) is 0 Å². The van der Waals surface area contributed by atoms with Crippen LogP contribution in [-0.2, 0) is 16.7 Å². The van der Waals surface area contributed by atoms with Gasteiger partial charge in [-0.25, -0.2) is 14.6 Å². The number of aromatic nitrogens is 2. The predicted molar refractivity (Wildman–Crippen MR) is 91.1 cm³/mol. The monoisotopic (exact) mass is 364 g/mol. The van der Waals surface area contributed by atoms with Gasteiger partial charge in [-0.2, -0.15) is 0 Å². The van der Waals surface area contributed by atoms with Gasteiger partial charge in [0.25, 0.3) is 0 Å². The molecule has 3 aromatic rings. The van der Waals surface area contributed by atoms with Crippen LogP contribution in [0.3, 0.4) is 0 Å². The lowest BCUT2D eigenvalue weighted by Gasteiger charge is -2.20. The minimum Gasteiger partial charge on any atom is -0.463 e. The Bertz CT molecular complexity index is 1010. The third-order valence-electron chi connectivity index (χ3n) is 3.80. The Morgan fingerprint density at radius 2 is 2.04 bits per heavy atom. The van der Waals surface area contributed by atoms with Gasteiger partial charge in [0.1, 0.15) is 6.54 Å². The summed E-state index contributed by atoms with van der Waals surface area (Å²) in [5.74, 6) is -1.03. The summed E-state index contributed by atoms with van der Waals surface area (Å²) >= 11 is 6.31. The van der Waals surface area contributed by atoms with Crippen molar-refractivity contribution in [1.82, 2.24) is 9.55 Å². The van der Waals surface area contributed by atoms with E-state index in [2.05, 4.69) is 9.72 Å². The summed E-state index contributed by atoms with van der Waals surface area (Å²) in [5.41, 5.74) is 1.64. The number of fused-ring (bicyclic) bond motifs is 1. The summed E-state index contributed by atoms with van der Waals surface area (Å²) in [4.78, 5) is 27.6. The second-order valence-corrected chi connectivity index (χ2v) is 7.02. The van der Waals surface area contributed by atoms with Gasteiger partial charge in [-0.3, -0.25) is 4.57 Å². The normalized spacial score (nSPS) is 11.9. The zero-order valence-electron chi connectivity index (χ0n) is 14.3. The highest BCUT2D eigenvalue weighted by atomic mass is 35.5. The molecule has 0 radical (unpaired) electrons. The minimum atomic E-state index is -0.634. The van der Waals surface area contributed by atoms with Gasteiger partial charge in [-0.15, -0.1) is 0 Å². The molecule has 0 bridgehead atoms. The number of rotatable bonds is 3. The number of nitrogens with zero attached hydrogens (tertiary/aromatic N) is 2. The average Bonchev–Trinajstić information content (AvgIpc) is 3.10. The summed E-state index contributed by atoms with van der Waals surface area (Å²) in [6.07, 6.45) is 1.26. The van der Waals surface area contributed by atoms with Crippen LogP contribution in [0.1, 0.15) is 42.8 Å². The van der Waals surface area contributed by atoms with Gasteiger partial charge in [0.15, 0.2) is 5.58 Å². The number of hydrogen-bond acceptors (Lipinski definition) is 6. The lowest BCUT2D eigenvalue weighted by Crippen LogP contribution is -2.16. The van der Waals surface area contributed by atoms with Crippen molar-refractivity contribution in [2.45, 2.75) is 32.7 Å². The van der Waals surface area contributed by atoms with Gasteiger partial charge < -0.3 is 13.6 Å². The number of carbonyl (C=O) groups excluding carboxylic acids is 1. The van der Waals surface area contributed by atoms with Crippen LogP contribution in [0.4, 0.5) is 0 Å². The molecule has 1 aromatic carbocycles. The number of halogens is 1. The predicted octanol–water partition coefficient (Wildman–Crippen LogP) is 3.37. The molecule has 8 heteroatoms. The first-order valence-corrected chi connectivity index (χ1v) is 7.95. The van der Waals surface area contributed by atoms with Crippen LogP contribution in [0.25, 0.3) is 11.1 Å². The van der Waals surface area contributed by atoms with Gasteiger partial charge in [0, 0.05) is 11.1 Å². The van der Waals surface area contributed by atoms with Gasteiger partial charge in [-0.05, 0) is 17.0 Å². The van der Waals surface area contributed by atoms with Crippen LogP contribution in [0.15, 0.2) is 32.0 Å². The Kier molecular flexibility index (Phi) is 4.20. The Balaban J connectivity index is 2.07. The van der Waals surface area contributed by atoms with E-state index in [1.165, 1.54) is 17.9 Å². The molecule has 0 spiro atoms. The van der Waals surface area contributed by atoms with E-state index in [-0.39, 0.29) is 23.6 Å². The lowest BCUT2D eigenvalue weighted by atomic mass is 9.87. The van der Waals surface area contributed by atoms with Crippen LogP contribution in [0.2, 0.25) is 5.02 Å². The third kappa shape index (κ3) is 3.19. The molecule has 0 aliphatic rings. The topological polar surface area (TPSA) is 87.5 Å². The van der Waals surface area contributed by atoms with E-state index in [0.717, 1.165) is 5.56 Å². The fraction of sp³-hybridized carbons (Fsp3) is 0.353. The van der Waals surface area contributed by atoms with Crippen molar-refractivity contribution in [3.05, 3.63) is 51.1 Å². The quantitative estimate of drug-likeness (QED) is 0.662. The van der Waals surface area contributed by atoms with E-state index in [0.29, 0.717) is 16.1 Å². The van der Waals surface area contributed by atoms with Crippen LogP contribution >= 0.6 is 11.6 Å². The molecule has 0 amide bonds. The molecular formula is C17H17ClN2O5. The zero-order valence-corrected chi connectivity index (χ0v) is 15.0. The highest BCUT2D eigenvalue weighted by Gasteiger charge is 2.22. The van der Waals surface area contributed by atoms with Crippen molar-refractivity contribution in [2.75, 3.05) is 7.11 Å². The molecule has 132 valence electrons. The Morgan fingerprint density at radius 3 is 2.68 bits per heavy atom. The maximum atomic E-state index is 12.2. The van der Waals surface area contributed by atoms with Gasteiger partial charge in [0.2, 0.25) is 11.7 Å². The first kappa shape index (κ1) is 17.3. The maximum absolute atomic E-state index is 12.2. The molecule has 25 heavy (non-hydrogen) atoms. The molecule has 7 nitrogen and oxygen atoms in total. The number of ether oxygens (including phenoxy) is 1. The molecule has 0 saturated heterocycles. The van der Waals surface area contributed by atoms with E-state index >= 15 is 0 Å². The summed E-state index contributed by atoms with van der Waals surface area (Å²) in [6, 6.07) is 3.46. The summed E-state index contributed by atoms with van der Waals surface area (Å²) in [6.45, 7) is 6.10. The second kappa shape index (κ2) is 6.07. The van der Waals surface area contributed by atoms with Gasteiger partial charge in [-0.1, -0.05) is 32.4 Å². The average molecular weight is 365 g/mol. The number of oxazole rings is 2. The van der Waals surface area contributed by atoms with Crippen molar-refractivity contribution in [2.24, 2.45) is 0 Å². The van der Waals surface area contributed by atoms with E-state index < -0.39 is 11.7 Å². The largest absolute Gasteiger partial charge is 0.463 e. The van der Waals surface area contributed by atoms with Crippen molar-refractivity contribution < 1.29 is 18.4 Å². The minimum absolute atomic E-state index is 0.0219. The van der Waals surface area contributed by atoms with Crippen LogP contribution in [-0.4, -0.2) is 22.6 Å². The highest BCUT2D eigenvalue weighted by Crippen LogP contribution is 2.33. The van der Waals surface area contributed by atoms with Crippen LogP contribution < -0.4 is 5.76 Å². The molecule has 0 atom stereocenters. The number of carbonyl (C=O) groups is 1. The van der Waals surface area contributed by atoms with Crippen molar-refractivity contribution in [3.8, 4) is 0 Å². The molecule has 2 aromatic heterocycles. The molecule has 0 fully saturated rings. The summed E-state index contributed by atoms with van der Waals surface area (Å²) in [7, 11) is 1.25. The van der Waals surface area contributed by atoms with E-state index in [1.54, 1.807) is 6.07 Å². The zero-order chi connectivity index (χ0) is 18.4. The Morgan fingerprint density at radius 1 is 1.32 bits per heavy atom. The van der Waals surface area contributed by atoms with Gasteiger partial charge in [0.05, 0.1) is 18.8 Å². The standard InChI is InChI=1S/C17H17ClN2O5/c1-17(2,3)9-5-11-12(6-10(9)18)25-16(22)20(11)8-14-19-7-13(24-14)15(21)23-4/h5-7H,8H2,1-4H3. The fourth-order valence-electron chi connectivity index (χ4n) is 2.52. The van der Waals surface area contributed by atoms with Crippen LogP contribution in [0, 0.1) is 0 Å². The number of methoxy groups -OCH3 is 1. The van der Waals surface area contributed by atoms with Crippen molar-refractivity contribution >= 4 is 28.7 Å². The SMILES string of the molecule is COC(=O)c1cnc(Cn2c(=O)oc3cc(Cl)c(C(C)(C)C)cc32)o1. The first-order valence-electron chi connectivity index (χ1n) is 7.57. The fourth-order valence-corrected chi connectivity index (χ4v) is 2.96. The second-order valence-electron chi connectivity index (χ2n) is 6.61. The molecule has 3 rings (SSSR count). The van der Waals surface area contributed by atoms with Crippen LogP contribution in [0.5, 0.6) is 0 Å². The van der Waals surface area contributed by atoms with E-state index in [4.69, 9.17) is 20.4 Å². The molecule has 2 heterocycles. The molecular weight excluding hydrogens is 348 g/mol. The van der Waals surface area contributed by atoms with E-state index in [1.807, 2.05) is 26.8 Å². The number of esters is 1.